The average molecular weight is 310 g/mol. The summed E-state index contributed by atoms with van der Waals surface area (Å²) in [5.74, 6) is -0.441. The molecule has 2 N–H and O–H groups in total. The van der Waals surface area contributed by atoms with Gasteiger partial charge >= 0.3 is 5.97 Å². The summed E-state index contributed by atoms with van der Waals surface area (Å²) in [5.41, 5.74) is 6.45. The number of nitrogens with two attached hydrogens (primary N) is 1. The highest BCUT2D eigenvalue weighted by atomic mass is 35.5. The zero-order chi connectivity index (χ0) is 14.9. The number of carbonyl (C=O) groups excluding carboxylic acids is 1. The number of carbonyl (C=O) groups is 1. The molecule has 1 saturated heterocycles. The predicted octanol–water partition coefficient (Wildman–Crippen LogP) is 3.57. The van der Waals surface area contributed by atoms with Crippen LogP contribution in [0.3, 0.4) is 0 Å². The number of halogens is 1. The molecule has 1 saturated carbocycles. The number of rotatable bonds is 3. The highest BCUT2D eigenvalue weighted by Gasteiger charge is 2.42. The van der Waals surface area contributed by atoms with Gasteiger partial charge in [-0.2, -0.15) is 0 Å². The molecule has 1 aromatic rings. The first-order valence-corrected chi connectivity index (χ1v) is 7.86. The maximum atomic E-state index is 12.1. The predicted molar refractivity (Wildman–Crippen MR) is 81.5 cm³/mol. The normalized spacial score (nSPS) is 23.6. The van der Waals surface area contributed by atoms with Crippen molar-refractivity contribution in [2.45, 2.75) is 50.2 Å². The maximum absolute atomic E-state index is 12.1. The van der Waals surface area contributed by atoms with E-state index < -0.39 is 5.97 Å². The maximum Gasteiger partial charge on any atom is 0.339 e. The molecular formula is C16H20ClNO3. The zero-order valence-electron chi connectivity index (χ0n) is 11.9. The third-order valence-electron chi connectivity index (χ3n) is 4.50. The summed E-state index contributed by atoms with van der Waals surface area (Å²) >= 11 is 6.02. The van der Waals surface area contributed by atoms with E-state index in [4.69, 9.17) is 26.8 Å². The largest absolute Gasteiger partial charge is 0.459 e. The first-order valence-electron chi connectivity index (χ1n) is 7.49. The van der Waals surface area contributed by atoms with E-state index in [1.165, 1.54) is 12.8 Å². The molecule has 3 rings (SSSR count). The molecule has 1 aliphatic carbocycles. The van der Waals surface area contributed by atoms with Crippen molar-refractivity contribution in [3.63, 3.8) is 0 Å². The fourth-order valence-electron chi connectivity index (χ4n) is 3.35. The van der Waals surface area contributed by atoms with E-state index in [2.05, 4.69) is 0 Å². The molecule has 0 amide bonds. The van der Waals surface area contributed by atoms with Gasteiger partial charge in [-0.15, -0.1) is 0 Å². The Balaban J connectivity index is 1.56. The summed E-state index contributed by atoms with van der Waals surface area (Å²) in [6.45, 7) is 0.283. The van der Waals surface area contributed by atoms with Crippen molar-refractivity contribution in [2.75, 3.05) is 12.3 Å². The third-order valence-corrected chi connectivity index (χ3v) is 4.92. The van der Waals surface area contributed by atoms with E-state index >= 15 is 0 Å². The van der Waals surface area contributed by atoms with Crippen molar-refractivity contribution < 1.29 is 14.3 Å². The first-order chi connectivity index (χ1) is 10.1. The SMILES string of the molecule is Nc1cccc(C(=O)OCC2CCC3(CCCC3)O2)c1Cl. The van der Waals surface area contributed by atoms with Crippen molar-refractivity contribution >= 4 is 23.3 Å². The minimum atomic E-state index is -0.441. The molecule has 114 valence electrons. The van der Waals surface area contributed by atoms with Crippen molar-refractivity contribution in [3.05, 3.63) is 28.8 Å². The number of nitrogen functional groups attached to an aromatic ring is 1. The number of anilines is 1. The van der Waals surface area contributed by atoms with E-state index in [9.17, 15) is 4.79 Å². The van der Waals surface area contributed by atoms with Crippen LogP contribution in [0, 0.1) is 0 Å². The summed E-state index contributed by atoms with van der Waals surface area (Å²) in [5, 5.41) is 0.252. The molecule has 4 nitrogen and oxygen atoms in total. The fraction of sp³-hybridized carbons (Fsp3) is 0.562. The molecule has 1 unspecified atom stereocenters. The first kappa shape index (κ1) is 14.7. The van der Waals surface area contributed by atoms with Gasteiger partial charge in [0, 0.05) is 0 Å². The minimum Gasteiger partial charge on any atom is -0.459 e. The van der Waals surface area contributed by atoms with E-state index in [-0.39, 0.29) is 23.3 Å². The summed E-state index contributed by atoms with van der Waals surface area (Å²) in [4.78, 5) is 12.1. The second-order valence-electron chi connectivity index (χ2n) is 5.98. The van der Waals surface area contributed by atoms with Gasteiger partial charge < -0.3 is 15.2 Å². The van der Waals surface area contributed by atoms with Crippen molar-refractivity contribution in [2.24, 2.45) is 0 Å². The molecule has 5 heteroatoms. The highest BCUT2D eigenvalue weighted by Crippen LogP contribution is 2.43. The lowest BCUT2D eigenvalue weighted by molar-refractivity contribution is -0.0598. The van der Waals surface area contributed by atoms with Gasteiger partial charge in [0.2, 0.25) is 0 Å². The van der Waals surface area contributed by atoms with Crippen molar-refractivity contribution in [3.8, 4) is 0 Å². The molecule has 2 aliphatic rings. The topological polar surface area (TPSA) is 61.6 Å². The molecule has 2 fully saturated rings. The Labute approximate surface area is 129 Å². The Morgan fingerprint density at radius 1 is 1.38 bits per heavy atom. The second-order valence-corrected chi connectivity index (χ2v) is 6.35. The quantitative estimate of drug-likeness (QED) is 0.685. The Kier molecular flexibility index (Phi) is 4.09. The summed E-state index contributed by atoms with van der Waals surface area (Å²) in [7, 11) is 0. The Morgan fingerprint density at radius 2 is 2.14 bits per heavy atom. The van der Waals surface area contributed by atoms with Crippen LogP contribution in [0.5, 0.6) is 0 Å². The molecule has 0 radical (unpaired) electrons. The van der Waals surface area contributed by atoms with Gasteiger partial charge in [-0.05, 0) is 37.8 Å². The van der Waals surface area contributed by atoms with Gasteiger partial charge in [0.15, 0.2) is 0 Å². The second kappa shape index (κ2) is 5.85. The van der Waals surface area contributed by atoms with E-state index in [1.54, 1.807) is 18.2 Å². The molecule has 1 atom stereocenters. The lowest BCUT2D eigenvalue weighted by Gasteiger charge is -2.23. The lowest BCUT2D eigenvalue weighted by Crippen LogP contribution is -2.27. The van der Waals surface area contributed by atoms with Crippen LogP contribution in [0.1, 0.15) is 48.9 Å². The van der Waals surface area contributed by atoms with Crippen molar-refractivity contribution in [1.29, 1.82) is 0 Å². The number of esters is 1. The molecule has 1 aliphatic heterocycles. The van der Waals surface area contributed by atoms with E-state index in [0.29, 0.717) is 11.3 Å². The highest BCUT2D eigenvalue weighted by molar-refractivity contribution is 6.36. The van der Waals surface area contributed by atoms with Gasteiger partial charge in [-0.3, -0.25) is 0 Å². The smallest absolute Gasteiger partial charge is 0.339 e. The standard InChI is InChI=1S/C16H20ClNO3/c17-14-12(4-3-5-13(14)18)15(19)20-10-11-6-9-16(21-11)7-1-2-8-16/h3-5,11H,1-2,6-10,18H2. The third kappa shape index (κ3) is 3.01. The summed E-state index contributed by atoms with van der Waals surface area (Å²) < 4.78 is 11.5. The monoisotopic (exact) mass is 309 g/mol. The van der Waals surface area contributed by atoms with Gasteiger partial charge in [0.1, 0.15) is 6.61 Å². The summed E-state index contributed by atoms with van der Waals surface area (Å²) in [6.07, 6.45) is 6.80. The minimum absolute atomic E-state index is 0.00637. The number of benzene rings is 1. The molecule has 0 aromatic heterocycles. The van der Waals surface area contributed by atoms with Gasteiger partial charge in [0.25, 0.3) is 0 Å². The molecule has 21 heavy (non-hydrogen) atoms. The summed E-state index contributed by atoms with van der Waals surface area (Å²) in [6, 6.07) is 4.97. The Bertz CT molecular complexity index is 540. The Morgan fingerprint density at radius 3 is 2.90 bits per heavy atom. The fourth-order valence-corrected chi connectivity index (χ4v) is 3.56. The number of ether oxygens (including phenoxy) is 2. The van der Waals surface area contributed by atoms with Crippen LogP contribution in [0.15, 0.2) is 18.2 Å². The molecule has 1 aromatic carbocycles. The van der Waals surface area contributed by atoms with Crippen LogP contribution in [-0.2, 0) is 9.47 Å². The average Bonchev–Trinajstić information content (AvgIpc) is 3.10. The van der Waals surface area contributed by atoms with Gasteiger partial charge in [0.05, 0.1) is 28.0 Å². The number of hydrogen-bond donors (Lipinski definition) is 1. The van der Waals surface area contributed by atoms with Crippen LogP contribution >= 0.6 is 11.6 Å². The van der Waals surface area contributed by atoms with E-state index in [0.717, 1.165) is 25.7 Å². The van der Waals surface area contributed by atoms with Gasteiger partial charge in [-0.25, -0.2) is 4.79 Å². The van der Waals surface area contributed by atoms with Gasteiger partial charge in [-0.1, -0.05) is 30.5 Å². The lowest BCUT2D eigenvalue weighted by atomic mass is 9.98. The van der Waals surface area contributed by atoms with Crippen LogP contribution in [-0.4, -0.2) is 24.3 Å². The van der Waals surface area contributed by atoms with Crippen LogP contribution in [0.4, 0.5) is 5.69 Å². The van der Waals surface area contributed by atoms with Crippen LogP contribution in [0.2, 0.25) is 5.02 Å². The van der Waals surface area contributed by atoms with Crippen LogP contribution in [0.25, 0.3) is 0 Å². The van der Waals surface area contributed by atoms with E-state index in [1.807, 2.05) is 0 Å². The molecule has 1 spiro atoms. The van der Waals surface area contributed by atoms with Crippen LogP contribution < -0.4 is 5.73 Å². The van der Waals surface area contributed by atoms with Crippen molar-refractivity contribution in [1.82, 2.24) is 0 Å². The Hall–Kier alpha value is -1.26. The molecule has 1 heterocycles. The molecule has 0 bridgehead atoms. The molecular weight excluding hydrogens is 290 g/mol. The number of hydrogen-bond acceptors (Lipinski definition) is 4. The zero-order valence-corrected chi connectivity index (χ0v) is 12.7.